The van der Waals surface area contributed by atoms with Gasteiger partial charge in [0.2, 0.25) is 0 Å². The first kappa shape index (κ1) is 18.7. The number of hydrogen-bond acceptors (Lipinski definition) is 4. The zero-order valence-corrected chi connectivity index (χ0v) is 17.7. The van der Waals surface area contributed by atoms with Gasteiger partial charge in [0, 0.05) is 17.8 Å². The van der Waals surface area contributed by atoms with Gasteiger partial charge in [-0.3, -0.25) is 4.79 Å². The second-order valence-electron chi connectivity index (χ2n) is 9.14. The van der Waals surface area contributed by atoms with Crippen LogP contribution >= 0.6 is 11.3 Å². The van der Waals surface area contributed by atoms with Crippen molar-refractivity contribution in [2.24, 2.45) is 11.3 Å². The van der Waals surface area contributed by atoms with E-state index in [0.717, 1.165) is 48.8 Å². The van der Waals surface area contributed by atoms with Gasteiger partial charge in [0.05, 0.1) is 10.9 Å². The van der Waals surface area contributed by atoms with Crippen molar-refractivity contribution >= 4 is 17.2 Å². The number of aromatic nitrogens is 3. The van der Waals surface area contributed by atoms with Crippen molar-refractivity contribution in [2.45, 2.75) is 78.8 Å². The van der Waals surface area contributed by atoms with Gasteiger partial charge >= 0.3 is 0 Å². The van der Waals surface area contributed by atoms with Crippen molar-refractivity contribution in [2.75, 3.05) is 0 Å². The third-order valence-corrected chi connectivity index (χ3v) is 7.39. The van der Waals surface area contributed by atoms with Gasteiger partial charge < -0.3 is 9.88 Å². The predicted octanol–water partition coefficient (Wildman–Crippen LogP) is 4.32. The molecule has 2 atom stereocenters. The van der Waals surface area contributed by atoms with Gasteiger partial charge in [-0.25, -0.2) is 0 Å². The molecule has 27 heavy (non-hydrogen) atoms. The van der Waals surface area contributed by atoms with Crippen LogP contribution in [0.1, 0.15) is 84.8 Å². The van der Waals surface area contributed by atoms with Crippen LogP contribution in [0.3, 0.4) is 0 Å². The highest BCUT2D eigenvalue weighted by molar-refractivity contribution is 7.14. The van der Waals surface area contributed by atoms with Crippen molar-refractivity contribution in [3.05, 3.63) is 33.0 Å². The standard InChI is InChI=1S/C21H30N4OS/c1-13(19-24-23-18-7-5-6-10-25(18)19)22-20(26)17-12-14-11-15(21(2,3)4)8-9-16(14)27-17/h12-13,15H,5-11H2,1-4H3,(H,22,26)/t13-,15+/m1/s1. The predicted molar refractivity (Wildman–Crippen MR) is 108 cm³/mol. The fourth-order valence-electron chi connectivity index (χ4n) is 4.36. The summed E-state index contributed by atoms with van der Waals surface area (Å²) in [5, 5.41) is 11.8. The molecular weight excluding hydrogens is 356 g/mol. The minimum Gasteiger partial charge on any atom is -0.342 e. The largest absolute Gasteiger partial charge is 0.342 e. The van der Waals surface area contributed by atoms with Crippen LogP contribution in [-0.2, 0) is 25.8 Å². The highest BCUT2D eigenvalue weighted by atomic mass is 32.1. The Labute approximate surface area is 165 Å². The number of rotatable bonds is 3. The molecule has 1 aliphatic carbocycles. The molecule has 0 saturated heterocycles. The Morgan fingerprint density at radius 3 is 2.89 bits per heavy atom. The van der Waals surface area contributed by atoms with E-state index >= 15 is 0 Å². The maximum absolute atomic E-state index is 12.9. The Morgan fingerprint density at radius 1 is 1.30 bits per heavy atom. The Hall–Kier alpha value is -1.69. The first-order valence-corrected chi connectivity index (χ1v) is 11.0. The molecular formula is C21H30N4OS. The summed E-state index contributed by atoms with van der Waals surface area (Å²) in [7, 11) is 0. The number of hydrogen-bond donors (Lipinski definition) is 1. The number of carbonyl (C=O) groups excluding carboxylic acids is 1. The molecule has 1 aliphatic heterocycles. The molecule has 0 saturated carbocycles. The van der Waals surface area contributed by atoms with E-state index < -0.39 is 0 Å². The van der Waals surface area contributed by atoms with Crippen molar-refractivity contribution in [3.8, 4) is 0 Å². The molecule has 0 spiro atoms. The summed E-state index contributed by atoms with van der Waals surface area (Å²) in [6.07, 6.45) is 6.74. The van der Waals surface area contributed by atoms with Gasteiger partial charge in [-0.15, -0.1) is 21.5 Å². The molecule has 2 aromatic heterocycles. The summed E-state index contributed by atoms with van der Waals surface area (Å²) >= 11 is 1.67. The zero-order chi connectivity index (χ0) is 19.2. The number of carbonyl (C=O) groups is 1. The molecule has 0 radical (unpaired) electrons. The first-order valence-electron chi connectivity index (χ1n) is 10.2. The molecule has 6 heteroatoms. The van der Waals surface area contributed by atoms with Gasteiger partial charge in [-0.05, 0) is 62.0 Å². The van der Waals surface area contributed by atoms with E-state index in [1.54, 1.807) is 11.3 Å². The molecule has 5 nitrogen and oxygen atoms in total. The minimum absolute atomic E-state index is 0.0161. The molecule has 4 rings (SSSR count). The van der Waals surface area contributed by atoms with Crippen molar-refractivity contribution in [1.29, 1.82) is 0 Å². The van der Waals surface area contributed by atoms with E-state index in [1.807, 2.05) is 6.92 Å². The Morgan fingerprint density at radius 2 is 2.11 bits per heavy atom. The SMILES string of the molecule is C[C@@H](NC(=O)c1cc2c(s1)CC[C@H](C(C)(C)C)C2)c1nnc2n1CCCC2. The topological polar surface area (TPSA) is 59.8 Å². The van der Waals surface area contributed by atoms with Crippen LogP contribution in [0.5, 0.6) is 0 Å². The quantitative estimate of drug-likeness (QED) is 0.855. The summed E-state index contributed by atoms with van der Waals surface area (Å²) < 4.78 is 2.18. The monoisotopic (exact) mass is 386 g/mol. The lowest BCUT2D eigenvalue weighted by Crippen LogP contribution is -2.29. The average Bonchev–Trinajstić information content (AvgIpc) is 3.24. The minimum atomic E-state index is -0.127. The zero-order valence-electron chi connectivity index (χ0n) is 16.8. The average molecular weight is 387 g/mol. The van der Waals surface area contributed by atoms with Crippen LogP contribution in [0.4, 0.5) is 0 Å². The molecule has 2 aliphatic rings. The lowest BCUT2D eigenvalue weighted by molar-refractivity contribution is 0.0941. The normalized spacial score (nSPS) is 20.7. The van der Waals surface area contributed by atoms with Crippen LogP contribution in [0.2, 0.25) is 0 Å². The molecule has 2 aromatic rings. The maximum atomic E-state index is 12.9. The lowest BCUT2D eigenvalue weighted by atomic mass is 9.72. The Balaban J connectivity index is 1.47. The summed E-state index contributed by atoms with van der Waals surface area (Å²) in [5.74, 6) is 2.64. The molecule has 1 N–H and O–H groups in total. The molecule has 0 unspecified atom stereocenters. The molecule has 1 amide bonds. The Bertz CT molecular complexity index is 845. The molecule has 3 heterocycles. The number of thiophene rings is 1. The molecule has 0 bridgehead atoms. The number of aryl methyl sites for hydroxylation is 2. The van der Waals surface area contributed by atoms with Crippen LogP contribution in [0.15, 0.2) is 6.07 Å². The lowest BCUT2D eigenvalue weighted by Gasteiger charge is -2.33. The summed E-state index contributed by atoms with van der Waals surface area (Å²) in [4.78, 5) is 15.1. The van der Waals surface area contributed by atoms with Gasteiger partial charge in [0.15, 0.2) is 5.82 Å². The fourth-order valence-corrected chi connectivity index (χ4v) is 5.47. The number of fused-ring (bicyclic) bond motifs is 2. The van der Waals surface area contributed by atoms with Crippen LogP contribution in [0, 0.1) is 11.3 Å². The Kier molecular flexibility index (Phi) is 4.87. The first-order chi connectivity index (χ1) is 12.8. The van der Waals surface area contributed by atoms with Gasteiger partial charge in [-0.2, -0.15) is 0 Å². The molecule has 0 fully saturated rings. The van der Waals surface area contributed by atoms with Crippen LogP contribution in [-0.4, -0.2) is 20.7 Å². The van der Waals surface area contributed by atoms with Crippen LogP contribution < -0.4 is 5.32 Å². The van der Waals surface area contributed by atoms with Crippen molar-refractivity contribution in [1.82, 2.24) is 20.1 Å². The highest BCUT2D eigenvalue weighted by Crippen LogP contribution is 2.40. The second-order valence-corrected chi connectivity index (χ2v) is 10.3. The number of nitrogens with zero attached hydrogens (tertiary/aromatic N) is 3. The van der Waals surface area contributed by atoms with E-state index in [2.05, 4.69) is 46.9 Å². The number of nitrogens with one attached hydrogen (secondary N) is 1. The molecule has 146 valence electrons. The smallest absolute Gasteiger partial charge is 0.261 e. The van der Waals surface area contributed by atoms with Gasteiger partial charge in [0.25, 0.3) is 5.91 Å². The van der Waals surface area contributed by atoms with Gasteiger partial charge in [0.1, 0.15) is 5.82 Å². The van der Waals surface area contributed by atoms with E-state index in [1.165, 1.54) is 23.3 Å². The third kappa shape index (κ3) is 3.68. The van der Waals surface area contributed by atoms with E-state index in [-0.39, 0.29) is 11.9 Å². The summed E-state index contributed by atoms with van der Waals surface area (Å²) in [5.41, 5.74) is 1.70. The third-order valence-electron chi connectivity index (χ3n) is 6.15. The van der Waals surface area contributed by atoms with Gasteiger partial charge in [-0.1, -0.05) is 20.8 Å². The summed E-state index contributed by atoms with van der Waals surface area (Å²) in [6, 6.07) is 2.00. The fraction of sp³-hybridized carbons (Fsp3) is 0.667. The molecule has 0 aromatic carbocycles. The van der Waals surface area contributed by atoms with Crippen molar-refractivity contribution in [3.63, 3.8) is 0 Å². The highest BCUT2D eigenvalue weighted by Gasteiger charge is 2.31. The van der Waals surface area contributed by atoms with Crippen molar-refractivity contribution < 1.29 is 4.79 Å². The number of amides is 1. The van der Waals surface area contributed by atoms with E-state index in [9.17, 15) is 4.79 Å². The summed E-state index contributed by atoms with van der Waals surface area (Å²) in [6.45, 7) is 9.93. The van der Waals surface area contributed by atoms with E-state index in [4.69, 9.17) is 0 Å². The van der Waals surface area contributed by atoms with Crippen LogP contribution in [0.25, 0.3) is 0 Å². The second kappa shape index (κ2) is 7.04. The maximum Gasteiger partial charge on any atom is 0.261 e. The van der Waals surface area contributed by atoms with E-state index in [0.29, 0.717) is 11.3 Å².